The molecular weight excluding hydrogens is 193 g/mol. The minimum Gasteiger partial charge on any atom is -0.368 e. The number of nitrogens with two attached hydrogens (primary N) is 1. The summed E-state index contributed by atoms with van der Waals surface area (Å²) in [5, 5.41) is 0.637. The molecule has 0 saturated carbocycles. The summed E-state index contributed by atoms with van der Waals surface area (Å²) >= 11 is 5.74. The number of hydrogen-bond acceptors (Lipinski definition) is 3. The van der Waals surface area contributed by atoms with Crippen LogP contribution in [0.15, 0.2) is 18.2 Å². The smallest absolute Gasteiger partial charge is 0.222 e. The molecule has 66 valence electrons. The maximum atomic E-state index is 13.1. The van der Waals surface area contributed by atoms with Crippen LogP contribution in [0.25, 0.3) is 10.9 Å². The van der Waals surface area contributed by atoms with Gasteiger partial charge in [0.1, 0.15) is 16.5 Å². The van der Waals surface area contributed by atoms with E-state index in [0.29, 0.717) is 5.39 Å². The van der Waals surface area contributed by atoms with Crippen LogP contribution in [0.2, 0.25) is 5.15 Å². The lowest BCUT2D eigenvalue weighted by atomic mass is 10.2. The van der Waals surface area contributed by atoms with Crippen LogP contribution in [0.1, 0.15) is 0 Å². The molecular formula is C8H5ClFN3. The van der Waals surface area contributed by atoms with E-state index in [1.807, 2.05) is 0 Å². The van der Waals surface area contributed by atoms with Gasteiger partial charge in [-0.2, -0.15) is 0 Å². The second-order valence-electron chi connectivity index (χ2n) is 2.51. The molecule has 1 aromatic carbocycles. The molecule has 1 heterocycles. The largest absolute Gasteiger partial charge is 0.368 e. The standard InChI is InChI=1S/C8H5ClFN3/c9-7-4-2-1-3-5(10)6(4)12-8(11)13-7/h1-3H,(H2,11,12,13). The van der Waals surface area contributed by atoms with Gasteiger partial charge in [-0.3, -0.25) is 0 Å². The van der Waals surface area contributed by atoms with E-state index < -0.39 is 5.82 Å². The van der Waals surface area contributed by atoms with E-state index in [2.05, 4.69) is 9.97 Å². The molecule has 3 nitrogen and oxygen atoms in total. The zero-order chi connectivity index (χ0) is 9.42. The molecule has 2 N–H and O–H groups in total. The first-order valence-corrected chi connectivity index (χ1v) is 3.93. The minimum absolute atomic E-state index is 0.0254. The van der Waals surface area contributed by atoms with Crippen LogP contribution in [0, 0.1) is 5.82 Å². The van der Waals surface area contributed by atoms with Crippen LogP contribution < -0.4 is 5.73 Å². The number of para-hydroxylation sites is 1. The van der Waals surface area contributed by atoms with E-state index in [1.54, 1.807) is 12.1 Å². The Morgan fingerprint density at radius 2 is 2.08 bits per heavy atom. The lowest BCUT2D eigenvalue weighted by Crippen LogP contribution is -1.96. The van der Waals surface area contributed by atoms with E-state index >= 15 is 0 Å². The Morgan fingerprint density at radius 3 is 2.85 bits per heavy atom. The summed E-state index contributed by atoms with van der Waals surface area (Å²) < 4.78 is 13.1. The number of nitrogen functional groups attached to an aromatic ring is 1. The van der Waals surface area contributed by atoms with Gasteiger partial charge in [-0.05, 0) is 12.1 Å². The van der Waals surface area contributed by atoms with Gasteiger partial charge in [0.2, 0.25) is 5.95 Å². The number of hydrogen-bond donors (Lipinski definition) is 1. The summed E-state index contributed by atoms with van der Waals surface area (Å²) in [5.41, 5.74) is 5.47. The SMILES string of the molecule is Nc1nc(Cl)c2cccc(F)c2n1. The molecule has 0 aliphatic carbocycles. The molecule has 1 aromatic heterocycles. The summed E-state index contributed by atoms with van der Waals surface area (Å²) in [5.74, 6) is -0.476. The Bertz CT molecular complexity index is 472. The first-order chi connectivity index (χ1) is 6.18. The van der Waals surface area contributed by atoms with Crippen LogP contribution in [-0.4, -0.2) is 9.97 Å². The van der Waals surface area contributed by atoms with Crippen LogP contribution in [-0.2, 0) is 0 Å². The third-order valence-corrected chi connectivity index (χ3v) is 1.94. The summed E-state index contributed by atoms with van der Waals surface area (Å²) in [6.07, 6.45) is 0. The molecule has 13 heavy (non-hydrogen) atoms. The van der Waals surface area contributed by atoms with E-state index in [4.69, 9.17) is 17.3 Å². The second-order valence-corrected chi connectivity index (χ2v) is 2.87. The average Bonchev–Trinajstić information content (AvgIpc) is 2.07. The second kappa shape index (κ2) is 2.81. The number of nitrogens with zero attached hydrogens (tertiary/aromatic N) is 2. The summed E-state index contributed by atoms with van der Waals surface area (Å²) in [7, 11) is 0. The predicted molar refractivity (Wildman–Crippen MR) is 48.9 cm³/mol. The van der Waals surface area contributed by atoms with Gasteiger partial charge in [0.05, 0.1) is 0 Å². The fourth-order valence-corrected chi connectivity index (χ4v) is 1.33. The molecule has 5 heteroatoms. The van der Waals surface area contributed by atoms with E-state index in [9.17, 15) is 4.39 Å². The van der Waals surface area contributed by atoms with Crippen LogP contribution >= 0.6 is 11.6 Å². The number of halogens is 2. The molecule has 0 aliphatic rings. The van der Waals surface area contributed by atoms with Crippen molar-refractivity contribution in [1.82, 2.24) is 9.97 Å². The highest BCUT2D eigenvalue weighted by Crippen LogP contribution is 2.22. The Morgan fingerprint density at radius 1 is 1.31 bits per heavy atom. The molecule has 0 atom stereocenters. The third-order valence-electron chi connectivity index (χ3n) is 1.65. The predicted octanol–water partition coefficient (Wildman–Crippen LogP) is 2.00. The topological polar surface area (TPSA) is 51.8 Å². The summed E-state index contributed by atoms with van der Waals surface area (Å²) in [6, 6.07) is 4.48. The molecule has 0 spiro atoms. The van der Waals surface area contributed by atoms with Gasteiger partial charge < -0.3 is 5.73 Å². The zero-order valence-electron chi connectivity index (χ0n) is 6.46. The van der Waals surface area contributed by atoms with Crippen molar-refractivity contribution in [3.8, 4) is 0 Å². The van der Waals surface area contributed by atoms with Crippen molar-refractivity contribution in [1.29, 1.82) is 0 Å². The van der Waals surface area contributed by atoms with Crippen molar-refractivity contribution >= 4 is 28.5 Å². The fourth-order valence-electron chi connectivity index (χ4n) is 1.10. The van der Waals surface area contributed by atoms with Gasteiger partial charge >= 0.3 is 0 Å². The van der Waals surface area contributed by atoms with Gasteiger partial charge in [0, 0.05) is 5.39 Å². The number of anilines is 1. The maximum absolute atomic E-state index is 13.1. The lowest BCUT2D eigenvalue weighted by molar-refractivity contribution is 0.636. The van der Waals surface area contributed by atoms with Gasteiger partial charge in [0.15, 0.2) is 0 Å². The Hall–Kier alpha value is -1.42. The first-order valence-electron chi connectivity index (χ1n) is 3.56. The molecule has 0 saturated heterocycles. The molecule has 0 bridgehead atoms. The Kier molecular flexibility index (Phi) is 1.77. The van der Waals surface area contributed by atoms with E-state index in [0.717, 1.165) is 0 Å². The zero-order valence-corrected chi connectivity index (χ0v) is 7.22. The quantitative estimate of drug-likeness (QED) is 0.658. The highest BCUT2D eigenvalue weighted by atomic mass is 35.5. The molecule has 0 fully saturated rings. The Labute approximate surface area is 78.4 Å². The number of aromatic nitrogens is 2. The molecule has 2 aromatic rings. The van der Waals surface area contributed by atoms with Gasteiger partial charge in [-0.25, -0.2) is 14.4 Å². The van der Waals surface area contributed by atoms with Crippen molar-refractivity contribution in [2.45, 2.75) is 0 Å². The average molecular weight is 198 g/mol. The molecule has 0 amide bonds. The normalized spacial score (nSPS) is 10.6. The highest BCUT2D eigenvalue weighted by Gasteiger charge is 2.06. The van der Waals surface area contributed by atoms with Crippen molar-refractivity contribution in [3.05, 3.63) is 29.2 Å². The Balaban J connectivity index is 2.94. The molecule has 2 rings (SSSR count). The summed E-state index contributed by atoms with van der Waals surface area (Å²) in [4.78, 5) is 7.45. The fraction of sp³-hybridized carbons (Fsp3) is 0. The third kappa shape index (κ3) is 1.29. The minimum atomic E-state index is -0.450. The number of rotatable bonds is 0. The van der Waals surface area contributed by atoms with Crippen molar-refractivity contribution < 1.29 is 4.39 Å². The van der Waals surface area contributed by atoms with Crippen molar-refractivity contribution in [2.24, 2.45) is 0 Å². The summed E-state index contributed by atoms with van der Waals surface area (Å²) in [6.45, 7) is 0. The van der Waals surface area contributed by atoms with Crippen molar-refractivity contribution in [2.75, 3.05) is 5.73 Å². The van der Waals surface area contributed by atoms with Crippen molar-refractivity contribution in [3.63, 3.8) is 0 Å². The van der Waals surface area contributed by atoms with E-state index in [1.165, 1.54) is 6.07 Å². The molecule has 0 radical (unpaired) electrons. The molecule has 0 unspecified atom stereocenters. The van der Waals surface area contributed by atoms with Crippen LogP contribution in [0.4, 0.5) is 10.3 Å². The van der Waals surface area contributed by atoms with Gasteiger partial charge in [-0.1, -0.05) is 17.7 Å². The monoisotopic (exact) mass is 197 g/mol. The van der Waals surface area contributed by atoms with Gasteiger partial charge in [-0.15, -0.1) is 0 Å². The van der Waals surface area contributed by atoms with E-state index in [-0.39, 0.29) is 16.6 Å². The van der Waals surface area contributed by atoms with Crippen LogP contribution in [0.3, 0.4) is 0 Å². The number of benzene rings is 1. The van der Waals surface area contributed by atoms with Gasteiger partial charge in [0.25, 0.3) is 0 Å². The highest BCUT2D eigenvalue weighted by molar-refractivity contribution is 6.34. The first kappa shape index (κ1) is 8.19. The lowest BCUT2D eigenvalue weighted by Gasteiger charge is -2.00. The molecule has 0 aliphatic heterocycles. The van der Waals surface area contributed by atoms with Crippen LogP contribution in [0.5, 0.6) is 0 Å². The maximum Gasteiger partial charge on any atom is 0.222 e. The number of fused-ring (bicyclic) bond motifs is 1.